The molecular formula is C20H16FN5O. The Kier molecular flexibility index (Phi) is 4.25. The molecule has 2 aromatic heterocycles. The number of benzene rings is 2. The number of urea groups is 1. The van der Waals surface area contributed by atoms with Gasteiger partial charge in [-0.3, -0.25) is 4.40 Å². The van der Waals surface area contributed by atoms with Crippen molar-refractivity contribution in [3.05, 3.63) is 78.5 Å². The second-order valence-electron chi connectivity index (χ2n) is 6.04. The number of nitrogens with one attached hydrogen (secondary N) is 2. The normalized spacial score (nSPS) is 10.7. The lowest BCUT2D eigenvalue weighted by molar-refractivity contribution is 0.262. The minimum absolute atomic E-state index is 0.121. The molecule has 2 aromatic carbocycles. The molecule has 6 nitrogen and oxygen atoms in total. The number of nitrogens with zero attached hydrogens (tertiary/aromatic N) is 3. The smallest absolute Gasteiger partial charge is 0.307 e. The average molecular weight is 361 g/mol. The minimum Gasteiger partial charge on any atom is -0.307 e. The molecular weight excluding hydrogens is 345 g/mol. The van der Waals surface area contributed by atoms with E-state index >= 15 is 0 Å². The van der Waals surface area contributed by atoms with Crippen molar-refractivity contribution in [2.45, 2.75) is 6.92 Å². The molecule has 0 saturated heterocycles. The first kappa shape index (κ1) is 16.7. The van der Waals surface area contributed by atoms with Gasteiger partial charge in [0, 0.05) is 29.8 Å². The average Bonchev–Trinajstić information content (AvgIpc) is 3.09. The summed E-state index contributed by atoms with van der Waals surface area (Å²) in [5.41, 5.74) is 3.20. The van der Waals surface area contributed by atoms with E-state index in [1.54, 1.807) is 18.3 Å². The van der Waals surface area contributed by atoms with Gasteiger partial charge in [0.15, 0.2) is 0 Å². The molecule has 0 atom stereocenters. The summed E-state index contributed by atoms with van der Waals surface area (Å²) < 4.78 is 15.5. The zero-order valence-corrected chi connectivity index (χ0v) is 14.5. The molecule has 2 amide bonds. The Bertz CT molecular complexity index is 1110. The number of aryl methyl sites for hydroxylation is 1. The number of anilines is 2. The molecule has 2 N–H and O–H groups in total. The van der Waals surface area contributed by atoms with Gasteiger partial charge in [0.05, 0.1) is 11.4 Å². The third kappa shape index (κ3) is 3.48. The minimum atomic E-state index is -0.517. The Balaban J connectivity index is 1.59. The standard InChI is InChI=1S/C20H16FN5O/c1-13-7-8-14(18-12-26-10-4-9-22-19(26)23-18)11-17(13)25-20(27)24-16-6-3-2-5-15(16)21/h2-12H,1H3,(H2,24,25,27). The van der Waals surface area contributed by atoms with Crippen LogP contribution >= 0.6 is 0 Å². The lowest BCUT2D eigenvalue weighted by atomic mass is 10.1. The zero-order chi connectivity index (χ0) is 18.8. The van der Waals surface area contributed by atoms with Gasteiger partial charge in [-0.2, -0.15) is 0 Å². The topological polar surface area (TPSA) is 71.3 Å². The van der Waals surface area contributed by atoms with E-state index < -0.39 is 11.8 Å². The van der Waals surface area contributed by atoms with Crippen molar-refractivity contribution in [1.29, 1.82) is 0 Å². The Labute approximate surface area is 154 Å². The number of hydrogen-bond donors (Lipinski definition) is 2. The van der Waals surface area contributed by atoms with Crippen LogP contribution in [0.5, 0.6) is 0 Å². The van der Waals surface area contributed by atoms with E-state index in [9.17, 15) is 9.18 Å². The number of amides is 2. The second-order valence-corrected chi connectivity index (χ2v) is 6.04. The number of fused-ring (bicyclic) bond motifs is 1. The summed E-state index contributed by atoms with van der Waals surface area (Å²) in [7, 11) is 0. The maximum atomic E-state index is 13.7. The fraction of sp³-hybridized carbons (Fsp3) is 0.0500. The molecule has 0 aliphatic heterocycles. The Morgan fingerprint density at radius 3 is 2.70 bits per heavy atom. The maximum absolute atomic E-state index is 13.7. The van der Waals surface area contributed by atoms with Crippen LogP contribution in [-0.4, -0.2) is 20.4 Å². The highest BCUT2D eigenvalue weighted by Crippen LogP contribution is 2.25. The summed E-state index contributed by atoms with van der Waals surface area (Å²) in [5, 5.41) is 5.27. The first-order valence-corrected chi connectivity index (χ1v) is 8.33. The van der Waals surface area contributed by atoms with E-state index in [1.807, 2.05) is 48.0 Å². The van der Waals surface area contributed by atoms with Crippen molar-refractivity contribution in [2.75, 3.05) is 10.6 Å². The molecule has 7 heteroatoms. The monoisotopic (exact) mass is 361 g/mol. The Morgan fingerprint density at radius 1 is 1.07 bits per heavy atom. The number of halogens is 1. The van der Waals surface area contributed by atoms with Gasteiger partial charge < -0.3 is 10.6 Å². The maximum Gasteiger partial charge on any atom is 0.323 e. The highest BCUT2D eigenvalue weighted by Gasteiger charge is 2.11. The number of carbonyl (C=O) groups is 1. The Hall–Kier alpha value is -3.74. The van der Waals surface area contributed by atoms with Gasteiger partial charge in [0.25, 0.3) is 0 Å². The zero-order valence-electron chi connectivity index (χ0n) is 14.5. The van der Waals surface area contributed by atoms with Crippen LogP contribution in [0.2, 0.25) is 0 Å². The van der Waals surface area contributed by atoms with Crippen LogP contribution < -0.4 is 10.6 Å². The van der Waals surface area contributed by atoms with E-state index in [0.29, 0.717) is 11.5 Å². The van der Waals surface area contributed by atoms with Crippen LogP contribution in [0.4, 0.5) is 20.6 Å². The van der Waals surface area contributed by atoms with Crippen LogP contribution in [0.15, 0.2) is 67.1 Å². The molecule has 2 heterocycles. The summed E-state index contributed by atoms with van der Waals surface area (Å²) in [6.07, 6.45) is 5.42. The lowest BCUT2D eigenvalue weighted by Gasteiger charge is -2.11. The summed E-state index contributed by atoms with van der Waals surface area (Å²) >= 11 is 0. The van der Waals surface area contributed by atoms with Crippen molar-refractivity contribution in [2.24, 2.45) is 0 Å². The largest absolute Gasteiger partial charge is 0.323 e. The number of carbonyl (C=O) groups excluding carboxylic acids is 1. The Morgan fingerprint density at radius 2 is 1.89 bits per heavy atom. The van der Waals surface area contributed by atoms with Crippen molar-refractivity contribution >= 4 is 23.2 Å². The van der Waals surface area contributed by atoms with Gasteiger partial charge in [0.1, 0.15) is 5.82 Å². The first-order chi connectivity index (χ1) is 13.1. The lowest BCUT2D eigenvalue weighted by Crippen LogP contribution is -2.20. The highest BCUT2D eigenvalue weighted by atomic mass is 19.1. The summed E-state index contributed by atoms with van der Waals surface area (Å²) in [4.78, 5) is 20.9. The van der Waals surface area contributed by atoms with E-state index in [4.69, 9.17) is 0 Å². The molecule has 0 saturated carbocycles. The van der Waals surface area contributed by atoms with Gasteiger partial charge in [-0.15, -0.1) is 0 Å². The fourth-order valence-electron chi connectivity index (χ4n) is 2.72. The van der Waals surface area contributed by atoms with Crippen LogP contribution in [0.25, 0.3) is 17.0 Å². The van der Waals surface area contributed by atoms with E-state index in [0.717, 1.165) is 16.8 Å². The fourth-order valence-corrected chi connectivity index (χ4v) is 2.72. The summed E-state index contributed by atoms with van der Waals surface area (Å²) in [5.74, 6) is 0.107. The molecule has 0 aliphatic rings. The third-order valence-electron chi connectivity index (χ3n) is 4.14. The van der Waals surface area contributed by atoms with Crippen molar-refractivity contribution < 1.29 is 9.18 Å². The van der Waals surface area contributed by atoms with E-state index in [1.165, 1.54) is 12.1 Å². The predicted octanol–water partition coefficient (Wildman–Crippen LogP) is 4.49. The highest BCUT2D eigenvalue weighted by molar-refractivity contribution is 6.00. The number of imidazole rings is 1. The molecule has 0 aliphatic carbocycles. The quantitative estimate of drug-likeness (QED) is 0.565. The summed E-state index contributed by atoms with van der Waals surface area (Å²) in [6.45, 7) is 1.88. The molecule has 0 radical (unpaired) electrons. The van der Waals surface area contributed by atoms with Crippen molar-refractivity contribution in [3.63, 3.8) is 0 Å². The third-order valence-corrected chi connectivity index (χ3v) is 4.14. The van der Waals surface area contributed by atoms with Gasteiger partial charge in [0.2, 0.25) is 5.78 Å². The predicted molar refractivity (Wildman–Crippen MR) is 102 cm³/mol. The van der Waals surface area contributed by atoms with Crippen LogP contribution in [0.1, 0.15) is 5.56 Å². The second kappa shape index (κ2) is 6.87. The molecule has 4 aromatic rings. The van der Waals surface area contributed by atoms with Crippen LogP contribution in [-0.2, 0) is 0 Å². The molecule has 0 spiro atoms. The molecule has 0 unspecified atom stereocenters. The number of para-hydroxylation sites is 1. The number of hydrogen-bond acceptors (Lipinski definition) is 3. The molecule has 134 valence electrons. The van der Waals surface area contributed by atoms with Gasteiger partial charge in [-0.1, -0.05) is 24.3 Å². The SMILES string of the molecule is Cc1ccc(-c2cn3cccnc3n2)cc1NC(=O)Nc1ccccc1F. The molecule has 27 heavy (non-hydrogen) atoms. The van der Waals surface area contributed by atoms with Crippen LogP contribution in [0.3, 0.4) is 0 Å². The number of aromatic nitrogens is 3. The molecule has 0 fully saturated rings. The van der Waals surface area contributed by atoms with E-state index in [-0.39, 0.29) is 5.69 Å². The van der Waals surface area contributed by atoms with Gasteiger partial charge in [-0.25, -0.2) is 19.2 Å². The van der Waals surface area contributed by atoms with Crippen molar-refractivity contribution in [3.8, 4) is 11.3 Å². The van der Waals surface area contributed by atoms with Gasteiger partial charge in [-0.05, 0) is 36.8 Å². The van der Waals surface area contributed by atoms with Crippen molar-refractivity contribution in [1.82, 2.24) is 14.4 Å². The first-order valence-electron chi connectivity index (χ1n) is 8.33. The van der Waals surface area contributed by atoms with Crippen LogP contribution in [0, 0.1) is 12.7 Å². The number of rotatable bonds is 3. The summed E-state index contributed by atoms with van der Waals surface area (Å²) in [6, 6.07) is 13.0. The molecule has 0 bridgehead atoms. The van der Waals surface area contributed by atoms with Gasteiger partial charge >= 0.3 is 6.03 Å². The van der Waals surface area contributed by atoms with E-state index in [2.05, 4.69) is 20.6 Å². The molecule has 4 rings (SSSR count).